The van der Waals surface area contributed by atoms with Crippen LogP contribution in [0.5, 0.6) is 0 Å². The highest BCUT2D eigenvalue weighted by Gasteiger charge is 2.36. The molecule has 0 aliphatic carbocycles. The lowest BCUT2D eigenvalue weighted by Gasteiger charge is -2.22. The average Bonchev–Trinajstić information content (AvgIpc) is 2.39. The average molecular weight is 440 g/mol. The lowest BCUT2D eigenvalue weighted by molar-refractivity contribution is 0.555. The van der Waals surface area contributed by atoms with E-state index in [0.29, 0.717) is 6.20 Å². The van der Waals surface area contributed by atoms with Gasteiger partial charge in [-0.1, -0.05) is 0 Å². The van der Waals surface area contributed by atoms with Crippen LogP contribution in [-0.4, -0.2) is 33.3 Å². The van der Waals surface area contributed by atoms with E-state index in [0.717, 1.165) is 0 Å². The zero-order valence-electron chi connectivity index (χ0n) is 10.5. The third kappa shape index (κ3) is 3.19. The molecule has 0 aromatic carbocycles. The molecule has 0 spiro atoms. The maximum absolute atomic E-state index is 14.0. The second-order valence-electron chi connectivity index (χ2n) is 3.56. The Morgan fingerprint density at radius 2 is 1.60 bits per heavy atom. The lowest BCUT2D eigenvalue weighted by Crippen LogP contribution is -2.40. The Kier molecular flexibility index (Phi) is 5.29. The number of hydrogen-bond acceptors (Lipinski definition) is 5. The summed E-state index contributed by atoms with van der Waals surface area (Å²) >= 11 is 1.30. The van der Waals surface area contributed by atoms with Crippen molar-refractivity contribution in [2.45, 2.75) is 13.8 Å². The highest BCUT2D eigenvalue weighted by molar-refractivity contribution is 14.1. The summed E-state index contributed by atoms with van der Waals surface area (Å²) in [5.41, 5.74) is 0. The smallest absolute Gasteiger partial charge is 0.231 e. The topological polar surface area (TPSA) is 84.4 Å². The number of nitrogens with zero attached hydrogens (tertiary/aromatic N) is 2. The minimum absolute atomic E-state index is 0.0725. The summed E-state index contributed by atoms with van der Waals surface area (Å²) in [5.74, 6) is -4.42. The summed E-state index contributed by atoms with van der Waals surface area (Å²) in [6, 6.07) is 0. The van der Waals surface area contributed by atoms with Crippen LogP contribution < -0.4 is 3.71 Å². The normalized spacial score (nSPS) is 12.4. The molecule has 0 bridgehead atoms. The van der Waals surface area contributed by atoms with Gasteiger partial charge in [0.05, 0.1) is 21.3 Å². The maximum Gasteiger partial charge on any atom is 0.249 e. The van der Waals surface area contributed by atoms with Crippen molar-refractivity contribution < 1.29 is 25.6 Å². The molecule has 0 unspecified atom stereocenters. The van der Waals surface area contributed by atoms with E-state index in [1.54, 1.807) is 0 Å². The van der Waals surface area contributed by atoms with Crippen LogP contribution in [0.2, 0.25) is 0 Å². The number of rotatable bonds is 5. The summed E-state index contributed by atoms with van der Waals surface area (Å²) in [5, 5.41) is 0. The van der Waals surface area contributed by atoms with Crippen molar-refractivity contribution >= 4 is 48.5 Å². The second kappa shape index (κ2) is 6.05. The van der Waals surface area contributed by atoms with Crippen molar-refractivity contribution in [2.75, 3.05) is 15.2 Å². The molecule has 0 aliphatic heterocycles. The molecule has 1 aromatic rings. The number of aromatic nitrogens is 1. The van der Waals surface area contributed by atoms with Crippen LogP contribution in [0, 0.1) is 15.2 Å². The number of sulfonamides is 2. The van der Waals surface area contributed by atoms with E-state index in [4.69, 9.17) is 0 Å². The minimum Gasteiger partial charge on any atom is -0.231 e. The van der Waals surface area contributed by atoms with Gasteiger partial charge in [-0.3, -0.25) is 0 Å². The molecule has 0 N–H and O–H groups in total. The molecule has 1 aromatic heterocycles. The first-order valence-corrected chi connectivity index (χ1v) is 9.63. The summed E-state index contributed by atoms with van der Waals surface area (Å²) in [7, 11) is -8.64. The minimum atomic E-state index is -4.32. The first-order valence-electron chi connectivity index (χ1n) is 5.33. The largest absolute Gasteiger partial charge is 0.249 e. The number of hydrogen-bond donors (Lipinski definition) is 0. The third-order valence-corrected chi connectivity index (χ3v) is 7.47. The van der Waals surface area contributed by atoms with Crippen molar-refractivity contribution in [2.24, 2.45) is 0 Å². The molecule has 0 atom stereocenters. The van der Waals surface area contributed by atoms with Crippen LogP contribution >= 0.6 is 22.6 Å². The van der Waals surface area contributed by atoms with Crippen LogP contribution in [0.3, 0.4) is 0 Å². The highest BCUT2D eigenvalue weighted by Crippen LogP contribution is 2.27. The van der Waals surface area contributed by atoms with Gasteiger partial charge in [0.15, 0.2) is 17.5 Å². The molecule has 1 heterocycles. The highest BCUT2D eigenvalue weighted by atomic mass is 127. The van der Waals surface area contributed by atoms with Gasteiger partial charge in [0.1, 0.15) is 0 Å². The molecular formula is C9H11F2IN2O4S2. The summed E-state index contributed by atoms with van der Waals surface area (Å²) < 4.78 is 74.1. The van der Waals surface area contributed by atoms with Crippen LogP contribution in [0.1, 0.15) is 13.8 Å². The van der Waals surface area contributed by atoms with Crippen LogP contribution in [0.15, 0.2) is 6.20 Å². The Balaban J connectivity index is 3.70. The third-order valence-electron chi connectivity index (χ3n) is 2.31. The fraction of sp³-hybridized carbons (Fsp3) is 0.444. The Hall–Kier alpha value is -0.560. The zero-order chi connectivity index (χ0) is 15.7. The predicted molar refractivity (Wildman–Crippen MR) is 78.3 cm³/mol. The van der Waals surface area contributed by atoms with Gasteiger partial charge in [-0.05, 0) is 36.4 Å². The first kappa shape index (κ1) is 17.5. The van der Waals surface area contributed by atoms with Crippen molar-refractivity contribution in [3.63, 3.8) is 0 Å². The van der Waals surface area contributed by atoms with Gasteiger partial charge in [-0.15, -0.1) is 3.71 Å². The van der Waals surface area contributed by atoms with Crippen molar-refractivity contribution in [3.8, 4) is 0 Å². The van der Waals surface area contributed by atoms with Gasteiger partial charge in [-0.25, -0.2) is 30.6 Å². The van der Waals surface area contributed by atoms with Crippen molar-refractivity contribution in [1.29, 1.82) is 0 Å². The first-order chi connectivity index (χ1) is 9.08. The molecule has 114 valence electrons. The monoisotopic (exact) mass is 440 g/mol. The Morgan fingerprint density at radius 3 is 2.00 bits per heavy atom. The maximum atomic E-state index is 14.0. The van der Waals surface area contributed by atoms with E-state index in [9.17, 15) is 25.6 Å². The van der Waals surface area contributed by atoms with Crippen molar-refractivity contribution in [3.05, 3.63) is 21.4 Å². The van der Waals surface area contributed by atoms with E-state index >= 15 is 0 Å². The molecule has 0 saturated heterocycles. The molecule has 11 heteroatoms. The molecule has 0 saturated carbocycles. The van der Waals surface area contributed by atoms with Crippen molar-refractivity contribution in [1.82, 2.24) is 4.98 Å². The quantitative estimate of drug-likeness (QED) is 0.648. The fourth-order valence-electron chi connectivity index (χ4n) is 1.23. The number of anilines is 1. The predicted octanol–water partition coefficient (Wildman–Crippen LogP) is 1.47. The van der Waals surface area contributed by atoms with Gasteiger partial charge in [0, 0.05) is 0 Å². The summed E-state index contributed by atoms with van der Waals surface area (Å²) in [4.78, 5) is 3.28. The SMILES string of the molecule is CCS(=O)(=O)N(c1ncc(F)c(I)c1F)S(=O)(=O)CC. The standard InChI is InChI=1S/C9H11F2IN2O4S2/c1-3-19(15,16)14(20(17,18)4-2)9-7(11)8(12)6(10)5-13-9/h5H,3-4H2,1-2H3. The molecule has 0 fully saturated rings. The van der Waals surface area contributed by atoms with E-state index < -0.39 is 52.6 Å². The molecular weight excluding hydrogens is 429 g/mol. The van der Waals surface area contributed by atoms with Gasteiger partial charge in [0.25, 0.3) is 0 Å². The molecule has 0 aliphatic rings. The van der Waals surface area contributed by atoms with E-state index in [2.05, 4.69) is 4.98 Å². The Morgan fingerprint density at radius 1 is 1.15 bits per heavy atom. The van der Waals surface area contributed by atoms with E-state index in [1.165, 1.54) is 36.4 Å². The lowest BCUT2D eigenvalue weighted by atomic mass is 10.4. The molecule has 20 heavy (non-hydrogen) atoms. The van der Waals surface area contributed by atoms with E-state index in [-0.39, 0.29) is 3.71 Å². The van der Waals surface area contributed by atoms with E-state index in [1.807, 2.05) is 0 Å². The van der Waals surface area contributed by atoms with Gasteiger partial charge < -0.3 is 0 Å². The Bertz CT molecular complexity index is 688. The van der Waals surface area contributed by atoms with Gasteiger partial charge in [0.2, 0.25) is 20.0 Å². The van der Waals surface area contributed by atoms with Crippen LogP contribution in [-0.2, 0) is 20.0 Å². The van der Waals surface area contributed by atoms with Crippen LogP contribution in [0.25, 0.3) is 0 Å². The molecule has 1 rings (SSSR count). The van der Waals surface area contributed by atoms with Gasteiger partial charge >= 0.3 is 0 Å². The number of pyridine rings is 1. The summed E-state index contributed by atoms with van der Waals surface area (Å²) in [6.07, 6.45) is 0.573. The summed E-state index contributed by atoms with van der Waals surface area (Å²) in [6.45, 7) is 2.42. The number of halogens is 3. The molecule has 6 nitrogen and oxygen atoms in total. The van der Waals surface area contributed by atoms with Gasteiger partial charge in [-0.2, -0.15) is 0 Å². The second-order valence-corrected chi connectivity index (χ2v) is 9.08. The van der Waals surface area contributed by atoms with Crippen LogP contribution in [0.4, 0.5) is 14.6 Å². The molecule has 0 radical (unpaired) electrons. The Labute approximate surface area is 129 Å². The fourth-order valence-corrected chi connectivity index (χ4v) is 4.88. The zero-order valence-corrected chi connectivity index (χ0v) is 14.3. The molecule has 0 amide bonds.